The molecule has 28 heavy (non-hydrogen) atoms. The van der Waals surface area contributed by atoms with Crippen LogP contribution < -0.4 is 0 Å². The molecule has 0 amide bonds. The topological polar surface area (TPSA) is 37.3 Å². The van der Waals surface area contributed by atoms with Crippen LogP contribution in [0.5, 0.6) is 0 Å². The van der Waals surface area contributed by atoms with Crippen LogP contribution in [0.2, 0.25) is 10.0 Å². The Kier molecular flexibility index (Phi) is 7.97. The molecule has 0 saturated carbocycles. The van der Waals surface area contributed by atoms with Gasteiger partial charge in [0.1, 0.15) is 0 Å². The van der Waals surface area contributed by atoms with Crippen molar-refractivity contribution in [2.24, 2.45) is 0 Å². The number of halogens is 4. The van der Waals surface area contributed by atoms with Crippen molar-refractivity contribution in [1.82, 2.24) is 0 Å². The maximum absolute atomic E-state index is 10.6. The van der Waals surface area contributed by atoms with Gasteiger partial charge in [-0.25, -0.2) is 4.79 Å². The molecular formula is C22H16Cl4O2. The quantitative estimate of drug-likeness (QED) is 0.416. The average Bonchev–Trinajstić information content (AvgIpc) is 2.70. The van der Waals surface area contributed by atoms with E-state index in [0.29, 0.717) is 5.56 Å². The van der Waals surface area contributed by atoms with E-state index in [4.69, 9.17) is 51.5 Å². The molecule has 0 aliphatic carbocycles. The van der Waals surface area contributed by atoms with E-state index in [2.05, 4.69) is 6.58 Å². The molecule has 0 aromatic heterocycles. The molecule has 3 aromatic rings. The SMILES string of the molecule is C=C(c1ccc(Cl)cc1)c1ccc(Cl)cc1.O=C(O)C(Cl)(Cl)c1ccccc1. The van der Waals surface area contributed by atoms with E-state index in [1.54, 1.807) is 30.3 Å². The molecule has 144 valence electrons. The van der Waals surface area contributed by atoms with Crippen molar-refractivity contribution in [2.75, 3.05) is 0 Å². The summed E-state index contributed by atoms with van der Waals surface area (Å²) in [6.45, 7) is 4.07. The first-order valence-corrected chi connectivity index (χ1v) is 9.60. The van der Waals surface area contributed by atoms with Crippen LogP contribution in [-0.2, 0) is 9.13 Å². The molecule has 3 rings (SSSR count). The van der Waals surface area contributed by atoms with E-state index in [-0.39, 0.29) is 0 Å². The Balaban J connectivity index is 0.000000209. The van der Waals surface area contributed by atoms with Gasteiger partial charge < -0.3 is 5.11 Å². The molecular weight excluding hydrogens is 438 g/mol. The predicted molar refractivity (Wildman–Crippen MR) is 119 cm³/mol. The zero-order chi connectivity index (χ0) is 20.7. The largest absolute Gasteiger partial charge is 0.479 e. The van der Waals surface area contributed by atoms with Gasteiger partial charge in [-0.1, -0.05) is 108 Å². The molecule has 0 unspecified atom stereocenters. The van der Waals surface area contributed by atoms with Gasteiger partial charge >= 0.3 is 5.97 Å². The molecule has 0 spiro atoms. The Morgan fingerprint density at radius 1 is 0.750 bits per heavy atom. The van der Waals surface area contributed by atoms with Crippen LogP contribution in [-0.4, -0.2) is 11.1 Å². The summed E-state index contributed by atoms with van der Waals surface area (Å²) in [6.07, 6.45) is 0. The molecule has 0 aliphatic rings. The van der Waals surface area contributed by atoms with Gasteiger partial charge in [0.2, 0.25) is 4.33 Å². The van der Waals surface area contributed by atoms with Crippen LogP contribution in [0.4, 0.5) is 0 Å². The Bertz CT molecular complexity index is 887. The van der Waals surface area contributed by atoms with Gasteiger partial charge in [0.25, 0.3) is 0 Å². The smallest absolute Gasteiger partial charge is 0.344 e. The second kappa shape index (κ2) is 9.99. The van der Waals surface area contributed by atoms with Crippen LogP contribution in [0.1, 0.15) is 16.7 Å². The summed E-state index contributed by atoms with van der Waals surface area (Å²) in [5.41, 5.74) is 3.45. The number of carboxylic acids is 1. The molecule has 0 radical (unpaired) electrons. The van der Waals surface area contributed by atoms with Crippen LogP contribution in [0.25, 0.3) is 5.57 Å². The maximum Gasteiger partial charge on any atom is 0.344 e. The lowest BCUT2D eigenvalue weighted by Gasteiger charge is -2.13. The summed E-state index contributed by atoms with van der Waals surface area (Å²) in [7, 11) is 0. The zero-order valence-corrected chi connectivity index (χ0v) is 17.6. The number of benzene rings is 3. The minimum absolute atomic E-state index is 0.362. The predicted octanol–water partition coefficient (Wildman–Crippen LogP) is 7.46. The number of hydrogen-bond acceptors (Lipinski definition) is 1. The third-order valence-corrected chi connectivity index (χ3v) is 5.05. The fourth-order valence-corrected chi connectivity index (χ4v) is 2.74. The van der Waals surface area contributed by atoms with Gasteiger partial charge in [-0.05, 0) is 46.5 Å². The molecule has 0 bridgehead atoms. The van der Waals surface area contributed by atoms with Gasteiger partial charge in [-0.3, -0.25) is 0 Å². The van der Waals surface area contributed by atoms with Crippen LogP contribution in [0, 0.1) is 0 Å². The third kappa shape index (κ3) is 6.02. The minimum atomic E-state index is -1.85. The van der Waals surface area contributed by atoms with Crippen molar-refractivity contribution in [1.29, 1.82) is 0 Å². The second-order valence-electron chi connectivity index (χ2n) is 5.74. The number of hydrogen-bond donors (Lipinski definition) is 1. The Labute approximate surface area is 183 Å². The fourth-order valence-electron chi connectivity index (χ4n) is 2.24. The first-order valence-electron chi connectivity index (χ1n) is 8.09. The van der Waals surface area contributed by atoms with E-state index in [1.165, 1.54) is 0 Å². The monoisotopic (exact) mass is 452 g/mol. The maximum atomic E-state index is 10.6. The number of aliphatic carboxylic acids is 1. The first kappa shape index (κ1) is 22.3. The summed E-state index contributed by atoms with van der Waals surface area (Å²) in [6, 6.07) is 23.5. The molecule has 0 aliphatic heterocycles. The minimum Gasteiger partial charge on any atom is -0.479 e. The first-order chi connectivity index (χ1) is 13.2. The average molecular weight is 454 g/mol. The second-order valence-corrected chi connectivity index (χ2v) is 7.94. The summed E-state index contributed by atoms with van der Waals surface area (Å²) in [5.74, 6) is -1.27. The standard InChI is InChI=1S/C14H10Cl2.C8H6Cl2O2/c1-10(11-2-6-13(15)7-3-11)12-4-8-14(16)9-5-12;9-8(10,7(11)12)6-4-2-1-3-5-6/h2-9H,1H2;1-5H,(H,11,12). The van der Waals surface area contributed by atoms with Gasteiger partial charge in [-0.15, -0.1) is 0 Å². The number of alkyl halides is 2. The van der Waals surface area contributed by atoms with Gasteiger partial charge in [-0.2, -0.15) is 0 Å². The third-order valence-electron chi connectivity index (χ3n) is 3.79. The van der Waals surface area contributed by atoms with Crippen molar-refractivity contribution in [3.63, 3.8) is 0 Å². The molecule has 0 heterocycles. The molecule has 3 aromatic carbocycles. The fraction of sp³-hybridized carbons (Fsp3) is 0.0455. The number of rotatable bonds is 4. The molecule has 6 heteroatoms. The highest BCUT2D eigenvalue weighted by molar-refractivity contribution is 6.56. The molecule has 0 saturated heterocycles. The summed E-state index contributed by atoms with van der Waals surface area (Å²) < 4.78 is -1.85. The Hall–Kier alpha value is -1.97. The summed E-state index contributed by atoms with van der Waals surface area (Å²) >= 11 is 22.8. The van der Waals surface area contributed by atoms with Crippen molar-refractivity contribution < 1.29 is 9.90 Å². The van der Waals surface area contributed by atoms with E-state index in [9.17, 15) is 4.79 Å². The van der Waals surface area contributed by atoms with Crippen LogP contribution in [0.3, 0.4) is 0 Å². The van der Waals surface area contributed by atoms with Gasteiger partial charge in [0.05, 0.1) is 0 Å². The van der Waals surface area contributed by atoms with E-state index in [0.717, 1.165) is 26.7 Å². The van der Waals surface area contributed by atoms with Gasteiger partial charge in [0.15, 0.2) is 0 Å². The summed E-state index contributed by atoms with van der Waals surface area (Å²) in [4.78, 5) is 10.6. The lowest BCUT2D eigenvalue weighted by Crippen LogP contribution is -2.22. The van der Waals surface area contributed by atoms with Crippen molar-refractivity contribution in [2.45, 2.75) is 4.33 Å². The highest BCUT2D eigenvalue weighted by atomic mass is 35.5. The van der Waals surface area contributed by atoms with Crippen LogP contribution in [0.15, 0.2) is 85.4 Å². The van der Waals surface area contributed by atoms with Crippen LogP contribution >= 0.6 is 46.4 Å². The van der Waals surface area contributed by atoms with E-state index in [1.807, 2.05) is 48.5 Å². The highest BCUT2D eigenvalue weighted by Gasteiger charge is 2.35. The molecule has 0 fully saturated rings. The van der Waals surface area contributed by atoms with E-state index >= 15 is 0 Å². The molecule has 1 N–H and O–H groups in total. The van der Waals surface area contributed by atoms with Crippen molar-refractivity contribution >= 4 is 57.9 Å². The van der Waals surface area contributed by atoms with Crippen molar-refractivity contribution in [3.05, 3.63) is 112 Å². The zero-order valence-electron chi connectivity index (χ0n) is 14.6. The Morgan fingerprint density at radius 2 is 1.14 bits per heavy atom. The number of carbonyl (C=O) groups is 1. The normalized spacial score (nSPS) is 10.6. The van der Waals surface area contributed by atoms with E-state index < -0.39 is 10.3 Å². The molecule has 0 atom stereocenters. The highest BCUT2D eigenvalue weighted by Crippen LogP contribution is 2.33. The van der Waals surface area contributed by atoms with Crippen molar-refractivity contribution in [3.8, 4) is 0 Å². The molecule has 2 nitrogen and oxygen atoms in total. The Morgan fingerprint density at radius 3 is 1.50 bits per heavy atom. The lowest BCUT2D eigenvalue weighted by molar-refractivity contribution is -0.138. The number of carboxylic acid groups (broad SMARTS) is 1. The van der Waals surface area contributed by atoms with Gasteiger partial charge in [0, 0.05) is 10.0 Å². The lowest BCUT2D eigenvalue weighted by atomic mass is 10.00. The summed E-state index contributed by atoms with van der Waals surface area (Å²) in [5, 5.41) is 10.1.